The van der Waals surface area contributed by atoms with Crippen molar-refractivity contribution in [3.8, 4) is 0 Å². The van der Waals surface area contributed by atoms with Crippen LogP contribution in [-0.4, -0.2) is 0 Å². The Balaban J connectivity index is 2.15. The molecule has 0 aromatic heterocycles. The second-order valence-corrected chi connectivity index (χ2v) is 6.90. The summed E-state index contributed by atoms with van der Waals surface area (Å²) >= 11 is 13.3. The fourth-order valence-corrected chi connectivity index (χ4v) is 3.48. The molecule has 0 N–H and O–H groups in total. The lowest BCUT2D eigenvalue weighted by molar-refractivity contribution is 0.639. The van der Waals surface area contributed by atoms with E-state index in [9.17, 15) is 4.39 Å². The van der Waals surface area contributed by atoms with E-state index in [1.54, 1.807) is 6.07 Å². The van der Waals surface area contributed by atoms with Crippen LogP contribution >= 0.6 is 43.5 Å². The summed E-state index contributed by atoms with van der Waals surface area (Å²) in [6.45, 7) is 0. The quantitative estimate of drug-likeness (QED) is 0.390. The Kier molecular flexibility index (Phi) is 4.34. The van der Waals surface area contributed by atoms with Crippen LogP contribution in [0.1, 0.15) is 16.0 Å². The van der Waals surface area contributed by atoms with Crippen LogP contribution in [0.25, 0.3) is 10.8 Å². The maximum absolute atomic E-state index is 13.9. The molecule has 0 nitrogen and oxygen atoms in total. The van der Waals surface area contributed by atoms with Gasteiger partial charge in [0.1, 0.15) is 5.82 Å². The van der Waals surface area contributed by atoms with E-state index >= 15 is 0 Å². The van der Waals surface area contributed by atoms with Crippen molar-refractivity contribution in [3.63, 3.8) is 0 Å². The first-order valence-corrected chi connectivity index (χ1v) is 8.43. The highest BCUT2D eigenvalue weighted by Crippen LogP contribution is 2.38. The third-order valence-corrected chi connectivity index (χ3v) is 5.67. The van der Waals surface area contributed by atoms with E-state index in [0.717, 1.165) is 21.0 Å². The summed E-state index contributed by atoms with van der Waals surface area (Å²) in [5.74, 6) is -0.206. The van der Waals surface area contributed by atoms with E-state index in [0.29, 0.717) is 10.4 Å². The standard InChI is InChI=1S/C17H10Br2ClF/c18-14-7-5-10(9-15(14)20)17(19)13-6-8-16(21)12-4-2-1-3-11(12)13/h1-9,17H. The van der Waals surface area contributed by atoms with Crippen LogP contribution in [0.3, 0.4) is 0 Å². The molecule has 3 aromatic rings. The fraction of sp³-hybridized carbons (Fsp3) is 0.0588. The zero-order valence-corrected chi connectivity index (χ0v) is 14.7. The van der Waals surface area contributed by atoms with Gasteiger partial charge < -0.3 is 0 Å². The van der Waals surface area contributed by atoms with Gasteiger partial charge in [-0.05, 0) is 50.6 Å². The van der Waals surface area contributed by atoms with Crippen LogP contribution in [0.15, 0.2) is 59.1 Å². The Bertz CT molecular complexity index is 817. The van der Waals surface area contributed by atoms with Gasteiger partial charge in [-0.3, -0.25) is 0 Å². The van der Waals surface area contributed by atoms with Crippen molar-refractivity contribution in [3.05, 3.63) is 81.0 Å². The highest BCUT2D eigenvalue weighted by Gasteiger charge is 2.15. The first-order chi connectivity index (χ1) is 10.1. The molecule has 0 amide bonds. The first kappa shape index (κ1) is 15.0. The Labute approximate surface area is 144 Å². The summed E-state index contributed by atoms with van der Waals surface area (Å²) in [6, 6.07) is 16.6. The van der Waals surface area contributed by atoms with Crippen LogP contribution in [0.4, 0.5) is 4.39 Å². The average molecular weight is 429 g/mol. The molecular formula is C17H10Br2ClF. The van der Waals surface area contributed by atoms with Crippen molar-refractivity contribution in [2.45, 2.75) is 4.83 Å². The summed E-state index contributed by atoms with van der Waals surface area (Å²) < 4.78 is 14.8. The number of hydrogen-bond donors (Lipinski definition) is 0. The second kappa shape index (κ2) is 6.07. The Morgan fingerprint density at radius 1 is 0.952 bits per heavy atom. The zero-order valence-electron chi connectivity index (χ0n) is 10.8. The van der Waals surface area contributed by atoms with Crippen LogP contribution in [-0.2, 0) is 0 Å². The predicted octanol–water partition coefficient (Wildman–Crippen LogP) is 6.88. The molecule has 1 atom stereocenters. The summed E-state index contributed by atoms with van der Waals surface area (Å²) in [4.78, 5) is -0.0476. The van der Waals surface area contributed by atoms with Crippen LogP contribution in [0, 0.1) is 5.82 Å². The monoisotopic (exact) mass is 426 g/mol. The minimum atomic E-state index is -0.206. The molecule has 0 heterocycles. The van der Waals surface area contributed by atoms with Crippen molar-refractivity contribution in [1.29, 1.82) is 0 Å². The van der Waals surface area contributed by atoms with Gasteiger partial charge in [0.05, 0.1) is 9.85 Å². The lowest BCUT2D eigenvalue weighted by Gasteiger charge is -2.15. The molecule has 21 heavy (non-hydrogen) atoms. The Hall–Kier alpha value is -0.900. The number of halogens is 4. The zero-order chi connectivity index (χ0) is 15.0. The van der Waals surface area contributed by atoms with Gasteiger partial charge in [-0.25, -0.2) is 4.39 Å². The van der Waals surface area contributed by atoms with E-state index < -0.39 is 0 Å². The molecule has 0 aliphatic heterocycles. The number of alkyl halides is 1. The van der Waals surface area contributed by atoms with Gasteiger partial charge in [0.25, 0.3) is 0 Å². The average Bonchev–Trinajstić information content (AvgIpc) is 2.50. The summed E-state index contributed by atoms with van der Waals surface area (Å²) in [6.07, 6.45) is 0. The van der Waals surface area contributed by atoms with E-state index in [4.69, 9.17) is 11.6 Å². The lowest BCUT2D eigenvalue weighted by atomic mass is 9.98. The van der Waals surface area contributed by atoms with Gasteiger partial charge in [0.2, 0.25) is 0 Å². The largest absolute Gasteiger partial charge is 0.206 e. The Morgan fingerprint density at radius 3 is 2.38 bits per heavy atom. The fourth-order valence-electron chi connectivity index (χ4n) is 2.36. The molecule has 0 spiro atoms. The number of benzene rings is 3. The molecule has 106 valence electrons. The van der Waals surface area contributed by atoms with Crippen LogP contribution in [0.5, 0.6) is 0 Å². The third-order valence-electron chi connectivity index (χ3n) is 3.41. The molecule has 1 unspecified atom stereocenters. The molecule has 3 rings (SSSR count). The van der Waals surface area contributed by atoms with E-state index in [1.165, 1.54) is 6.07 Å². The molecule has 0 aliphatic rings. The van der Waals surface area contributed by atoms with Crippen molar-refractivity contribution in [1.82, 2.24) is 0 Å². The summed E-state index contributed by atoms with van der Waals surface area (Å²) in [5.41, 5.74) is 2.05. The smallest absolute Gasteiger partial charge is 0.131 e. The van der Waals surface area contributed by atoms with E-state index in [-0.39, 0.29) is 10.6 Å². The maximum Gasteiger partial charge on any atom is 0.131 e. The lowest BCUT2D eigenvalue weighted by Crippen LogP contribution is -1.95. The summed E-state index contributed by atoms with van der Waals surface area (Å²) in [7, 11) is 0. The van der Waals surface area contributed by atoms with Gasteiger partial charge in [0, 0.05) is 9.86 Å². The minimum absolute atomic E-state index is 0.0476. The van der Waals surface area contributed by atoms with Gasteiger partial charge in [-0.2, -0.15) is 0 Å². The molecule has 0 saturated heterocycles. The second-order valence-electron chi connectivity index (χ2n) is 4.72. The molecule has 0 bridgehead atoms. The molecule has 0 aliphatic carbocycles. The van der Waals surface area contributed by atoms with Crippen LogP contribution in [0.2, 0.25) is 5.02 Å². The molecule has 0 fully saturated rings. The van der Waals surface area contributed by atoms with Gasteiger partial charge in [-0.15, -0.1) is 0 Å². The minimum Gasteiger partial charge on any atom is -0.206 e. The third kappa shape index (κ3) is 2.87. The van der Waals surface area contributed by atoms with Crippen molar-refractivity contribution in [2.75, 3.05) is 0 Å². The van der Waals surface area contributed by atoms with E-state index in [1.807, 2.05) is 42.5 Å². The normalized spacial score (nSPS) is 12.6. The highest BCUT2D eigenvalue weighted by atomic mass is 79.9. The molecule has 0 saturated carbocycles. The van der Waals surface area contributed by atoms with Gasteiger partial charge in [-0.1, -0.05) is 63.9 Å². The highest BCUT2D eigenvalue weighted by molar-refractivity contribution is 9.10. The maximum atomic E-state index is 13.9. The van der Waals surface area contributed by atoms with Gasteiger partial charge in [0.15, 0.2) is 0 Å². The van der Waals surface area contributed by atoms with Crippen molar-refractivity contribution < 1.29 is 4.39 Å². The molecule has 0 radical (unpaired) electrons. The summed E-state index contributed by atoms with van der Waals surface area (Å²) in [5, 5.41) is 2.18. The molecule has 3 aromatic carbocycles. The van der Waals surface area contributed by atoms with Crippen molar-refractivity contribution in [2.24, 2.45) is 0 Å². The topological polar surface area (TPSA) is 0 Å². The number of rotatable bonds is 2. The molecular weight excluding hydrogens is 418 g/mol. The molecule has 4 heteroatoms. The SMILES string of the molecule is Fc1ccc(C(Br)c2ccc(Br)c(Cl)c2)c2ccccc12. The van der Waals surface area contributed by atoms with Crippen LogP contribution < -0.4 is 0 Å². The van der Waals surface area contributed by atoms with Crippen molar-refractivity contribution >= 4 is 54.2 Å². The van der Waals surface area contributed by atoms with Gasteiger partial charge >= 0.3 is 0 Å². The first-order valence-electron chi connectivity index (χ1n) is 6.34. The number of hydrogen-bond acceptors (Lipinski definition) is 0. The Morgan fingerprint density at radius 2 is 1.67 bits per heavy atom. The predicted molar refractivity (Wildman–Crippen MR) is 93.8 cm³/mol. The number of fused-ring (bicyclic) bond motifs is 1. The van der Waals surface area contributed by atoms with E-state index in [2.05, 4.69) is 31.9 Å².